The Kier molecular flexibility index (Phi) is 4.55. The van der Waals surface area contributed by atoms with Crippen LogP contribution in [0.5, 0.6) is 11.5 Å². The Morgan fingerprint density at radius 3 is 2.42 bits per heavy atom. The Morgan fingerprint density at radius 2 is 1.70 bits per heavy atom. The molecule has 6 rings (SSSR count). The third-order valence-electron chi connectivity index (χ3n) is 7.93. The van der Waals surface area contributed by atoms with Gasteiger partial charge < -0.3 is 4.74 Å². The molecule has 1 saturated carbocycles. The van der Waals surface area contributed by atoms with Gasteiger partial charge in [0.1, 0.15) is 18.5 Å². The van der Waals surface area contributed by atoms with Crippen LogP contribution in [0.2, 0.25) is 19.6 Å². The maximum Gasteiger partial charge on any atom is 0.228 e. The zero-order valence-corrected chi connectivity index (χ0v) is 21.8. The lowest BCUT2D eigenvalue weighted by Gasteiger charge is -2.30. The zero-order chi connectivity index (χ0) is 23.1. The van der Waals surface area contributed by atoms with Gasteiger partial charge in [0.15, 0.2) is 6.20 Å². The highest BCUT2D eigenvalue weighted by atomic mass is 28.3. The van der Waals surface area contributed by atoms with Crippen molar-refractivity contribution in [3.8, 4) is 22.8 Å². The number of pyridine rings is 1. The molecule has 0 amide bonds. The summed E-state index contributed by atoms with van der Waals surface area (Å²) in [6, 6.07) is 14.0. The maximum absolute atomic E-state index is 7.00. The van der Waals surface area contributed by atoms with E-state index < -0.39 is 8.07 Å². The molecule has 0 bridgehead atoms. The van der Waals surface area contributed by atoms with E-state index in [9.17, 15) is 0 Å². The molecule has 3 aromatic carbocycles. The van der Waals surface area contributed by atoms with Crippen LogP contribution in [-0.4, -0.2) is 8.07 Å². The summed E-state index contributed by atoms with van der Waals surface area (Å²) in [6.07, 6.45) is 7.54. The van der Waals surface area contributed by atoms with E-state index in [1.807, 2.05) is 0 Å². The smallest absolute Gasteiger partial charge is 0.228 e. The molecule has 0 unspecified atom stereocenters. The third-order valence-corrected chi connectivity index (χ3v) is 9.92. The predicted octanol–water partition coefficient (Wildman–Crippen LogP) is 7.41. The monoisotopic (exact) mass is 452 g/mol. The standard InChI is InChI=1S/C30H34NOSi/c1-18-11-12-23-24(15-18)19(2)26-28-27-21(13-14-31(28)3)16-22(20-9-7-8-10-20)17-25(27)32-29(26)30(23)33(4,5)6/h11-17,20H,7-10H2,1-6H3/q+1. The predicted molar refractivity (Wildman–Crippen MR) is 142 cm³/mol. The number of rotatable bonds is 2. The van der Waals surface area contributed by atoms with Gasteiger partial charge in [-0.25, -0.2) is 4.57 Å². The van der Waals surface area contributed by atoms with E-state index >= 15 is 0 Å². The van der Waals surface area contributed by atoms with Crippen LogP contribution in [0.15, 0.2) is 42.6 Å². The Bertz CT molecular complexity index is 1450. The lowest BCUT2D eigenvalue weighted by molar-refractivity contribution is -0.659. The number of hydrogen-bond donors (Lipinski definition) is 0. The van der Waals surface area contributed by atoms with Crippen molar-refractivity contribution < 1.29 is 9.30 Å². The van der Waals surface area contributed by atoms with Crippen molar-refractivity contribution in [2.45, 2.75) is 65.1 Å². The van der Waals surface area contributed by atoms with Gasteiger partial charge in [0.05, 0.1) is 19.0 Å². The van der Waals surface area contributed by atoms with Crippen molar-refractivity contribution in [2.24, 2.45) is 7.05 Å². The molecule has 168 valence electrons. The molecular formula is C30H34NOSi+. The average molecular weight is 453 g/mol. The fourth-order valence-corrected chi connectivity index (χ4v) is 8.23. The van der Waals surface area contributed by atoms with Crippen molar-refractivity contribution in [3.05, 3.63) is 59.3 Å². The number of ether oxygens (including phenoxy) is 1. The summed E-state index contributed by atoms with van der Waals surface area (Å²) in [7, 11) is 0.474. The van der Waals surface area contributed by atoms with E-state index in [1.54, 1.807) is 0 Å². The summed E-state index contributed by atoms with van der Waals surface area (Å²) in [6.45, 7) is 11.8. The van der Waals surface area contributed by atoms with E-state index in [1.165, 1.54) is 80.4 Å². The van der Waals surface area contributed by atoms with Gasteiger partial charge in [0.25, 0.3) is 0 Å². The summed E-state index contributed by atoms with van der Waals surface area (Å²) >= 11 is 0. The molecule has 1 aliphatic heterocycles. The van der Waals surface area contributed by atoms with E-state index in [0.29, 0.717) is 5.92 Å². The van der Waals surface area contributed by atoms with Crippen molar-refractivity contribution in [1.29, 1.82) is 0 Å². The van der Waals surface area contributed by atoms with Crippen LogP contribution >= 0.6 is 0 Å². The number of fused-ring (bicyclic) bond motifs is 3. The number of aromatic nitrogens is 1. The lowest BCUT2D eigenvalue weighted by atomic mass is 9.89. The minimum absolute atomic E-state index is 0.672. The summed E-state index contributed by atoms with van der Waals surface area (Å²) in [4.78, 5) is 0. The first-order valence-corrected chi connectivity index (χ1v) is 16.0. The lowest BCUT2D eigenvalue weighted by Crippen LogP contribution is -2.41. The Morgan fingerprint density at radius 1 is 0.939 bits per heavy atom. The molecule has 0 N–H and O–H groups in total. The van der Waals surface area contributed by atoms with Crippen molar-refractivity contribution in [1.82, 2.24) is 0 Å². The van der Waals surface area contributed by atoms with Crippen LogP contribution in [0.25, 0.3) is 32.8 Å². The summed E-state index contributed by atoms with van der Waals surface area (Å²) < 4.78 is 9.31. The third kappa shape index (κ3) is 3.08. The van der Waals surface area contributed by atoms with Gasteiger partial charge in [-0.15, -0.1) is 0 Å². The Labute approximate surface area is 198 Å². The average Bonchev–Trinajstić information content (AvgIpc) is 3.30. The first-order valence-electron chi connectivity index (χ1n) is 12.5. The second-order valence-corrected chi connectivity index (χ2v) is 16.3. The molecule has 1 fully saturated rings. The van der Waals surface area contributed by atoms with E-state index in [4.69, 9.17) is 4.74 Å². The molecule has 2 aliphatic rings. The Balaban J connectivity index is 1.76. The summed E-state index contributed by atoms with van der Waals surface area (Å²) in [5.74, 6) is 2.84. The molecule has 0 radical (unpaired) electrons. The van der Waals surface area contributed by atoms with Gasteiger partial charge in [0.2, 0.25) is 5.69 Å². The van der Waals surface area contributed by atoms with Crippen LogP contribution in [0, 0.1) is 13.8 Å². The fraction of sp³-hybridized carbons (Fsp3) is 0.367. The first kappa shape index (κ1) is 20.9. The number of hydrogen-bond acceptors (Lipinski definition) is 1. The highest BCUT2D eigenvalue weighted by molar-refractivity contribution is 6.91. The van der Waals surface area contributed by atoms with Gasteiger partial charge in [-0.05, 0) is 71.1 Å². The van der Waals surface area contributed by atoms with Crippen LogP contribution in [0.3, 0.4) is 0 Å². The summed E-state index contributed by atoms with van der Waals surface area (Å²) in [5.41, 5.74) is 6.70. The minimum Gasteiger partial charge on any atom is -0.456 e. The van der Waals surface area contributed by atoms with E-state index in [0.717, 1.165) is 11.5 Å². The van der Waals surface area contributed by atoms with Gasteiger partial charge >= 0.3 is 0 Å². The number of nitrogens with zero attached hydrogens (tertiary/aromatic N) is 1. The van der Waals surface area contributed by atoms with Crippen LogP contribution in [0.4, 0.5) is 0 Å². The minimum atomic E-state index is -1.71. The van der Waals surface area contributed by atoms with Crippen molar-refractivity contribution >= 4 is 34.8 Å². The second-order valence-electron chi connectivity index (χ2n) is 11.3. The first-order chi connectivity index (χ1) is 15.7. The molecule has 2 nitrogen and oxygen atoms in total. The SMILES string of the molecule is Cc1ccc2c([Si](C)(C)C)c3c(c(C)c2c1)-c1c2c(cc(C4CCCC4)cc2cc[n+]1C)O3. The zero-order valence-electron chi connectivity index (χ0n) is 20.8. The molecule has 33 heavy (non-hydrogen) atoms. The van der Waals surface area contributed by atoms with Gasteiger partial charge in [-0.1, -0.05) is 62.3 Å². The maximum atomic E-state index is 7.00. The molecule has 0 spiro atoms. The van der Waals surface area contributed by atoms with E-state index in [2.05, 4.69) is 87.7 Å². The molecule has 2 heterocycles. The molecule has 0 atom stereocenters. The molecule has 4 aromatic rings. The van der Waals surface area contributed by atoms with Crippen LogP contribution in [-0.2, 0) is 7.05 Å². The van der Waals surface area contributed by atoms with Crippen molar-refractivity contribution in [3.63, 3.8) is 0 Å². The van der Waals surface area contributed by atoms with Crippen LogP contribution in [0.1, 0.15) is 48.3 Å². The number of benzene rings is 3. The molecule has 1 aliphatic carbocycles. The number of aryl methyl sites for hydroxylation is 3. The molecular weight excluding hydrogens is 418 g/mol. The fourth-order valence-electron chi connectivity index (χ4n) is 6.34. The summed E-state index contributed by atoms with van der Waals surface area (Å²) in [5, 5.41) is 6.78. The van der Waals surface area contributed by atoms with Gasteiger partial charge in [-0.3, -0.25) is 0 Å². The molecule has 1 aromatic heterocycles. The van der Waals surface area contributed by atoms with Gasteiger partial charge in [-0.2, -0.15) is 0 Å². The second kappa shape index (κ2) is 7.17. The van der Waals surface area contributed by atoms with Gasteiger partial charge in [0, 0.05) is 6.07 Å². The quantitative estimate of drug-likeness (QED) is 0.201. The Hall–Kier alpha value is -2.65. The van der Waals surface area contributed by atoms with Crippen LogP contribution < -0.4 is 14.5 Å². The molecule has 0 saturated heterocycles. The van der Waals surface area contributed by atoms with E-state index in [-0.39, 0.29) is 0 Å². The highest BCUT2D eigenvalue weighted by Crippen LogP contribution is 2.49. The largest absolute Gasteiger partial charge is 0.456 e. The topological polar surface area (TPSA) is 13.1 Å². The highest BCUT2D eigenvalue weighted by Gasteiger charge is 2.36. The normalized spacial score (nSPS) is 15.8. The van der Waals surface area contributed by atoms with Crippen molar-refractivity contribution in [2.75, 3.05) is 0 Å². The molecule has 3 heteroatoms.